The molecule has 1 saturated heterocycles. The molecule has 20 heavy (non-hydrogen) atoms. The van der Waals surface area contributed by atoms with E-state index in [2.05, 4.69) is 5.32 Å². The molecule has 0 aromatic heterocycles. The molecular weight excluding hydrogens is 269 g/mol. The van der Waals surface area contributed by atoms with Gasteiger partial charge in [0.15, 0.2) is 0 Å². The molecule has 1 atom stereocenters. The number of imide groups is 1. The summed E-state index contributed by atoms with van der Waals surface area (Å²) in [6, 6.07) is 0.951. The summed E-state index contributed by atoms with van der Waals surface area (Å²) in [5.41, 5.74) is 4.72. The highest BCUT2D eigenvalue weighted by molar-refractivity contribution is 6.06. The molecule has 2 amide bonds. The highest BCUT2D eigenvalue weighted by Crippen LogP contribution is 2.25. The largest absolute Gasteiger partial charge is 0.478 e. The lowest BCUT2D eigenvalue weighted by Gasteiger charge is -2.14. The maximum Gasteiger partial charge on any atom is 0.337 e. The van der Waals surface area contributed by atoms with Crippen LogP contribution in [0, 0.1) is 5.82 Å². The first-order valence-corrected chi connectivity index (χ1v) is 5.70. The van der Waals surface area contributed by atoms with Gasteiger partial charge in [-0.25, -0.2) is 9.18 Å². The van der Waals surface area contributed by atoms with Crippen molar-refractivity contribution in [3.05, 3.63) is 23.5 Å². The molecule has 2 rings (SSSR count). The molecule has 0 radical (unpaired) electrons. The Balaban J connectivity index is 2.30. The van der Waals surface area contributed by atoms with Crippen molar-refractivity contribution in [1.82, 2.24) is 4.90 Å². The number of carboxylic acid groups (broad SMARTS) is 1. The number of amides is 2. The van der Waals surface area contributed by atoms with Gasteiger partial charge in [-0.1, -0.05) is 0 Å². The number of carbonyl (C=O) groups is 3. The second-order valence-corrected chi connectivity index (χ2v) is 4.42. The van der Waals surface area contributed by atoms with Crippen LogP contribution in [0.5, 0.6) is 0 Å². The number of benzene rings is 1. The number of nitrogens with zero attached hydrogens (tertiary/aromatic N) is 1. The van der Waals surface area contributed by atoms with Gasteiger partial charge in [-0.2, -0.15) is 0 Å². The van der Waals surface area contributed by atoms with Crippen molar-refractivity contribution in [3.8, 4) is 0 Å². The molecule has 1 unspecified atom stereocenters. The number of nitrogens with one attached hydrogen (secondary N) is 1. The van der Waals surface area contributed by atoms with Crippen molar-refractivity contribution in [2.45, 2.75) is 12.5 Å². The smallest absolute Gasteiger partial charge is 0.337 e. The van der Waals surface area contributed by atoms with E-state index in [0.29, 0.717) is 0 Å². The minimum Gasteiger partial charge on any atom is -0.478 e. The molecule has 0 saturated carbocycles. The zero-order valence-electron chi connectivity index (χ0n) is 10.5. The van der Waals surface area contributed by atoms with E-state index in [1.165, 1.54) is 7.05 Å². The van der Waals surface area contributed by atoms with E-state index in [1.54, 1.807) is 0 Å². The molecule has 1 aromatic carbocycles. The second kappa shape index (κ2) is 4.80. The minimum absolute atomic E-state index is 0.110. The summed E-state index contributed by atoms with van der Waals surface area (Å²) in [5.74, 6) is -2.98. The fourth-order valence-electron chi connectivity index (χ4n) is 1.94. The first-order chi connectivity index (χ1) is 9.31. The predicted molar refractivity (Wildman–Crippen MR) is 67.6 cm³/mol. The minimum atomic E-state index is -1.31. The molecule has 1 aliphatic heterocycles. The quantitative estimate of drug-likeness (QED) is 0.541. The van der Waals surface area contributed by atoms with Crippen LogP contribution in [0.3, 0.4) is 0 Å². The highest BCUT2D eigenvalue weighted by atomic mass is 19.1. The summed E-state index contributed by atoms with van der Waals surface area (Å²) in [7, 11) is 1.33. The summed E-state index contributed by atoms with van der Waals surface area (Å²) < 4.78 is 13.7. The van der Waals surface area contributed by atoms with Crippen LogP contribution in [0.15, 0.2) is 12.1 Å². The molecule has 1 aromatic rings. The molecule has 8 heteroatoms. The van der Waals surface area contributed by atoms with Crippen LogP contribution in [0.4, 0.5) is 15.8 Å². The van der Waals surface area contributed by atoms with Crippen molar-refractivity contribution in [2.24, 2.45) is 0 Å². The number of nitrogen functional groups attached to an aromatic ring is 1. The number of aromatic carboxylic acids is 1. The topological polar surface area (TPSA) is 113 Å². The molecule has 1 heterocycles. The van der Waals surface area contributed by atoms with Crippen LogP contribution >= 0.6 is 0 Å². The van der Waals surface area contributed by atoms with Crippen molar-refractivity contribution < 1.29 is 23.9 Å². The van der Waals surface area contributed by atoms with Gasteiger partial charge in [-0.15, -0.1) is 0 Å². The monoisotopic (exact) mass is 281 g/mol. The fourth-order valence-corrected chi connectivity index (χ4v) is 1.94. The second-order valence-electron chi connectivity index (χ2n) is 4.42. The maximum atomic E-state index is 13.7. The highest BCUT2D eigenvalue weighted by Gasteiger charge is 2.36. The third kappa shape index (κ3) is 2.27. The number of carboxylic acids is 1. The molecule has 1 aliphatic rings. The fraction of sp³-hybridized carbons (Fsp3) is 0.250. The molecule has 106 valence electrons. The van der Waals surface area contributed by atoms with Crippen molar-refractivity contribution in [1.29, 1.82) is 0 Å². The summed E-state index contributed by atoms with van der Waals surface area (Å²) in [6.45, 7) is 0. The normalized spacial score (nSPS) is 18.5. The third-order valence-corrected chi connectivity index (χ3v) is 3.08. The number of likely N-dealkylation sites (tertiary alicyclic amines) is 1. The van der Waals surface area contributed by atoms with E-state index in [-0.39, 0.29) is 29.3 Å². The molecule has 4 N–H and O–H groups in total. The third-order valence-electron chi connectivity index (χ3n) is 3.08. The lowest BCUT2D eigenvalue weighted by Crippen LogP contribution is -2.32. The average molecular weight is 281 g/mol. The van der Waals surface area contributed by atoms with Crippen molar-refractivity contribution in [2.75, 3.05) is 18.1 Å². The number of hydrogen-bond donors (Lipinski definition) is 3. The van der Waals surface area contributed by atoms with E-state index in [9.17, 15) is 18.8 Å². The van der Waals surface area contributed by atoms with Crippen LogP contribution < -0.4 is 11.1 Å². The van der Waals surface area contributed by atoms with Gasteiger partial charge in [0.1, 0.15) is 11.9 Å². The van der Waals surface area contributed by atoms with Crippen LogP contribution in [0.2, 0.25) is 0 Å². The van der Waals surface area contributed by atoms with Crippen LogP contribution in [0.25, 0.3) is 0 Å². The van der Waals surface area contributed by atoms with Gasteiger partial charge < -0.3 is 16.2 Å². The summed E-state index contributed by atoms with van der Waals surface area (Å²) in [5, 5.41) is 11.5. The zero-order chi connectivity index (χ0) is 15.0. The number of hydrogen-bond acceptors (Lipinski definition) is 5. The van der Waals surface area contributed by atoms with Crippen LogP contribution in [0.1, 0.15) is 16.8 Å². The Kier molecular flexibility index (Phi) is 3.31. The Hall–Kier alpha value is -2.64. The number of likely N-dealkylation sites (N-methyl/N-ethyl adjacent to an activating group) is 1. The number of carbonyl (C=O) groups excluding carboxylic acids is 2. The van der Waals surface area contributed by atoms with E-state index >= 15 is 0 Å². The van der Waals surface area contributed by atoms with E-state index in [0.717, 1.165) is 17.0 Å². The summed E-state index contributed by atoms with van der Waals surface area (Å²) in [4.78, 5) is 34.9. The van der Waals surface area contributed by atoms with Gasteiger partial charge in [0.25, 0.3) is 5.91 Å². The standard InChI is InChI=1S/C12H12FN3O4/c1-16-10(17)4-9(11(16)18)15-8-2-5(12(19)20)7(14)3-6(8)13/h2-3,9,15H,4,14H2,1H3,(H,19,20). The van der Waals surface area contributed by atoms with Gasteiger partial charge >= 0.3 is 5.97 Å². The first kappa shape index (κ1) is 13.8. The molecule has 0 spiro atoms. The number of halogens is 1. The Morgan fingerprint density at radius 3 is 2.65 bits per heavy atom. The lowest BCUT2D eigenvalue weighted by molar-refractivity contribution is -0.136. The Bertz CT molecular complexity index is 617. The number of rotatable bonds is 3. The summed E-state index contributed by atoms with van der Waals surface area (Å²) >= 11 is 0. The average Bonchev–Trinajstić information content (AvgIpc) is 2.60. The van der Waals surface area contributed by atoms with Crippen molar-refractivity contribution in [3.63, 3.8) is 0 Å². The van der Waals surface area contributed by atoms with E-state index < -0.39 is 23.7 Å². The van der Waals surface area contributed by atoms with Crippen molar-refractivity contribution >= 4 is 29.2 Å². The predicted octanol–water partition coefficient (Wildman–Crippen LogP) is 0.275. The zero-order valence-corrected chi connectivity index (χ0v) is 10.5. The SMILES string of the molecule is CN1C(=O)CC(Nc2cc(C(=O)O)c(N)cc2F)C1=O. The Morgan fingerprint density at radius 2 is 2.15 bits per heavy atom. The van der Waals surface area contributed by atoms with Gasteiger partial charge in [0.2, 0.25) is 5.91 Å². The first-order valence-electron chi connectivity index (χ1n) is 5.70. The molecule has 0 aliphatic carbocycles. The van der Waals surface area contributed by atoms with Crippen LogP contribution in [-0.2, 0) is 9.59 Å². The summed E-state index contributed by atoms with van der Waals surface area (Å²) in [6.07, 6.45) is -0.110. The Labute approximate surface area is 113 Å². The number of anilines is 2. The van der Waals surface area contributed by atoms with E-state index in [1.807, 2.05) is 0 Å². The van der Waals surface area contributed by atoms with Gasteiger partial charge in [0.05, 0.1) is 17.7 Å². The maximum absolute atomic E-state index is 13.7. The lowest BCUT2D eigenvalue weighted by atomic mass is 10.1. The molecule has 1 fully saturated rings. The van der Waals surface area contributed by atoms with Gasteiger partial charge in [0, 0.05) is 12.7 Å². The molecular formula is C12H12FN3O4. The molecule has 0 bridgehead atoms. The van der Waals surface area contributed by atoms with Crippen LogP contribution in [-0.4, -0.2) is 40.9 Å². The van der Waals surface area contributed by atoms with Gasteiger partial charge in [-0.05, 0) is 12.1 Å². The Morgan fingerprint density at radius 1 is 1.50 bits per heavy atom. The number of nitrogens with two attached hydrogens (primary N) is 1. The molecule has 7 nitrogen and oxygen atoms in total. The van der Waals surface area contributed by atoms with E-state index in [4.69, 9.17) is 10.8 Å². The van der Waals surface area contributed by atoms with Gasteiger partial charge in [-0.3, -0.25) is 14.5 Å².